The molecule has 0 atom stereocenters. The summed E-state index contributed by atoms with van der Waals surface area (Å²) in [6, 6.07) is 6.74. The lowest BCUT2D eigenvalue weighted by molar-refractivity contribution is 0.461. The predicted molar refractivity (Wildman–Crippen MR) is 89.5 cm³/mol. The largest absolute Gasteiger partial charge is 0.366 e. The molecule has 2 aromatic rings. The van der Waals surface area contributed by atoms with E-state index in [0.29, 0.717) is 12.0 Å². The van der Waals surface area contributed by atoms with Gasteiger partial charge in [0, 0.05) is 11.7 Å². The summed E-state index contributed by atoms with van der Waals surface area (Å²) in [5.74, 6) is 1.33. The molecule has 1 aromatic heterocycles. The Morgan fingerprint density at radius 3 is 2.64 bits per heavy atom. The van der Waals surface area contributed by atoms with Crippen LogP contribution in [0.4, 0.5) is 17.5 Å². The molecule has 0 saturated heterocycles. The zero-order valence-electron chi connectivity index (χ0n) is 13.3. The van der Waals surface area contributed by atoms with E-state index >= 15 is 0 Å². The first-order valence-corrected chi connectivity index (χ1v) is 8.01. The molecule has 5 heteroatoms. The maximum absolute atomic E-state index is 4.52. The van der Waals surface area contributed by atoms with E-state index in [2.05, 4.69) is 51.8 Å². The monoisotopic (exact) mass is 297 g/mol. The lowest BCUT2D eigenvalue weighted by atomic mass is 9.96. The summed E-state index contributed by atoms with van der Waals surface area (Å²) in [7, 11) is 0. The Morgan fingerprint density at radius 2 is 1.86 bits per heavy atom. The molecule has 3 rings (SSSR count). The number of nitrogens with zero attached hydrogens (tertiary/aromatic N) is 3. The average molecular weight is 297 g/mol. The first-order chi connectivity index (χ1) is 10.7. The normalized spacial score (nSPS) is 15.5. The highest BCUT2D eigenvalue weighted by molar-refractivity contribution is 5.56. The second kappa shape index (κ2) is 6.73. The molecule has 1 aliphatic rings. The van der Waals surface area contributed by atoms with Crippen LogP contribution in [0.15, 0.2) is 24.4 Å². The maximum atomic E-state index is 4.52. The molecule has 1 aromatic carbocycles. The number of nitrogens with one attached hydrogen (secondary N) is 2. The van der Waals surface area contributed by atoms with Crippen molar-refractivity contribution in [2.24, 2.45) is 0 Å². The highest BCUT2D eigenvalue weighted by Crippen LogP contribution is 2.21. The molecule has 1 heterocycles. The van der Waals surface area contributed by atoms with Crippen LogP contribution in [0.5, 0.6) is 0 Å². The Balaban J connectivity index is 1.68. The molecule has 1 aliphatic carbocycles. The van der Waals surface area contributed by atoms with Crippen LogP contribution >= 0.6 is 0 Å². The van der Waals surface area contributed by atoms with Crippen LogP contribution in [0.1, 0.15) is 43.2 Å². The van der Waals surface area contributed by atoms with Gasteiger partial charge in [-0.25, -0.2) is 0 Å². The fourth-order valence-corrected chi connectivity index (χ4v) is 2.83. The molecule has 1 fully saturated rings. The number of aromatic nitrogens is 3. The Morgan fingerprint density at radius 1 is 1.05 bits per heavy atom. The van der Waals surface area contributed by atoms with Gasteiger partial charge in [-0.2, -0.15) is 10.1 Å². The molecule has 5 nitrogen and oxygen atoms in total. The van der Waals surface area contributed by atoms with Crippen molar-refractivity contribution >= 4 is 17.5 Å². The third-order valence-corrected chi connectivity index (χ3v) is 4.28. The van der Waals surface area contributed by atoms with Crippen molar-refractivity contribution in [2.75, 3.05) is 10.6 Å². The second-order valence-corrected chi connectivity index (χ2v) is 6.07. The summed E-state index contributed by atoms with van der Waals surface area (Å²) in [5, 5.41) is 14.8. The van der Waals surface area contributed by atoms with Crippen LogP contribution < -0.4 is 10.6 Å². The molecule has 116 valence electrons. The molecule has 0 aliphatic heterocycles. The topological polar surface area (TPSA) is 62.7 Å². The number of hydrogen-bond donors (Lipinski definition) is 2. The van der Waals surface area contributed by atoms with Crippen LogP contribution in [0.25, 0.3) is 0 Å². The zero-order chi connectivity index (χ0) is 15.4. The Bertz CT molecular complexity index is 635. The van der Waals surface area contributed by atoms with E-state index < -0.39 is 0 Å². The third-order valence-electron chi connectivity index (χ3n) is 4.28. The quantitative estimate of drug-likeness (QED) is 0.894. The minimum Gasteiger partial charge on any atom is -0.366 e. The highest BCUT2D eigenvalue weighted by atomic mass is 15.3. The maximum Gasteiger partial charge on any atom is 0.249 e. The molecule has 0 radical (unpaired) electrons. The standard InChI is InChI=1S/C17H23N5/c1-12-8-9-15(10-13(12)2)20-17-21-16(11-18-22-17)19-14-6-4-3-5-7-14/h8-11,14H,3-7H2,1-2H3,(H2,19,20,21,22). The van der Waals surface area contributed by atoms with Gasteiger partial charge in [-0.05, 0) is 49.9 Å². The van der Waals surface area contributed by atoms with Gasteiger partial charge < -0.3 is 10.6 Å². The Kier molecular flexibility index (Phi) is 4.51. The van der Waals surface area contributed by atoms with E-state index in [9.17, 15) is 0 Å². The van der Waals surface area contributed by atoms with Crippen molar-refractivity contribution in [2.45, 2.75) is 52.0 Å². The predicted octanol–water partition coefficient (Wildman–Crippen LogP) is 3.98. The fraction of sp³-hybridized carbons (Fsp3) is 0.471. The van der Waals surface area contributed by atoms with Crippen molar-refractivity contribution in [3.05, 3.63) is 35.5 Å². The number of aryl methyl sites for hydroxylation is 2. The van der Waals surface area contributed by atoms with Crippen molar-refractivity contribution in [3.8, 4) is 0 Å². The second-order valence-electron chi connectivity index (χ2n) is 6.07. The first kappa shape index (κ1) is 14.8. The molecule has 0 bridgehead atoms. The average Bonchev–Trinajstić information content (AvgIpc) is 2.52. The van der Waals surface area contributed by atoms with E-state index in [4.69, 9.17) is 0 Å². The van der Waals surface area contributed by atoms with E-state index in [-0.39, 0.29) is 0 Å². The molecular weight excluding hydrogens is 274 g/mol. The molecule has 22 heavy (non-hydrogen) atoms. The van der Waals surface area contributed by atoms with Gasteiger partial charge >= 0.3 is 0 Å². The summed E-state index contributed by atoms with van der Waals surface area (Å²) in [6.07, 6.45) is 8.06. The lowest BCUT2D eigenvalue weighted by Crippen LogP contribution is -2.23. The van der Waals surface area contributed by atoms with Gasteiger partial charge in [0.05, 0.1) is 6.20 Å². The number of hydrogen-bond acceptors (Lipinski definition) is 5. The van der Waals surface area contributed by atoms with Gasteiger partial charge in [0.15, 0.2) is 5.82 Å². The summed E-state index contributed by atoms with van der Waals surface area (Å²) >= 11 is 0. The van der Waals surface area contributed by atoms with Crippen molar-refractivity contribution in [3.63, 3.8) is 0 Å². The van der Waals surface area contributed by atoms with Gasteiger partial charge in [-0.1, -0.05) is 25.3 Å². The van der Waals surface area contributed by atoms with E-state index in [1.165, 1.54) is 43.2 Å². The van der Waals surface area contributed by atoms with Crippen molar-refractivity contribution < 1.29 is 0 Å². The van der Waals surface area contributed by atoms with E-state index in [0.717, 1.165) is 11.5 Å². The van der Waals surface area contributed by atoms with Crippen LogP contribution in [0.3, 0.4) is 0 Å². The Labute approximate surface area is 131 Å². The van der Waals surface area contributed by atoms with Gasteiger partial charge in [0.2, 0.25) is 5.95 Å². The van der Waals surface area contributed by atoms with Gasteiger partial charge in [0.1, 0.15) is 0 Å². The summed E-state index contributed by atoms with van der Waals surface area (Å²) in [5.41, 5.74) is 3.51. The number of anilines is 3. The molecule has 2 N–H and O–H groups in total. The van der Waals surface area contributed by atoms with Gasteiger partial charge in [-0.15, -0.1) is 5.10 Å². The Hall–Kier alpha value is -2.17. The summed E-state index contributed by atoms with van der Waals surface area (Å²) in [6.45, 7) is 4.20. The van der Waals surface area contributed by atoms with Crippen LogP contribution in [-0.2, 0) is 0 Å². The molecular formula is C17H23N5. The van der Waals surface area contributed by atoms with Crippen molar-refractivity contribution in [1.29, 1.82) is 0 Å². The molecule has 0 spiro atoms. The first-order valence-electron chi connectivity index (χ1n) is 8.01. The third kappa shape index (κ3) is 3.72. The lowest BCUT2D eigenvalue weighted by Gasteiger charge is -2.23. The summed E-state index contributed by atoms with van der Waals surface area (Å²) in [4.78, 5) is 4.52. The number of benzene rings is 1. The molecule has 0 unspecified atom stereocenters. The fourth-order valence-electron chi connectivity index (χ4n) is 2.83. The van der Waals surface area contributed by atoms with Crippen molar-refractivity contribution in [1.82, 2.24) is 15.2 Å². The van der Waals surface area contributed by atoms with Gasteiger partial charge in [-0.3, -0.25) is 0 Å². The van der Waals surface area contributed by atoms with Gasteiger partial charge in [0.25, 0.3) is 0 Å². The SMILES string of the molecule is Cc1ccc(Nc2nncc(NC3CCCCC3)n2)cc1C. The van der Waals surface area contributed by atoms with E-state index in [1.54, 1.807) is 6.20 Å². The molecule has 0 amide bonds. The highest BCUT2D eigenvalue weighted by Gasteiger charge is 2.14. The smallest absolute Gasteiger partial charge is 0.249 e. The van der Waals surface area contributed by atoms with Crippen LogP contribution in [-0.4, -0.2) is 21.2 Å². The minimum atomic E-state index is 0.514. The van der Waals surface area contributed by atoms with E-state index in [1.807, 2.05) is 6.07 Å². The molecule has 1 saturated carbocycles. The number of rotatable bonds is 4. The van der Waals surface area contributed by atoms with Crippen LogP contribution in [0.2, 0.25) is 0 Å². The zero-order valence-corrected chi connectivity index (χ0v) is 13.3. The minimum absolute atomic E-state index is 0.514. The summed E-state index contributed by atoms with van der Waals surface area (Å²) < 4.78 is 0. The van der Waals surface area contributed by atoms with Crippen LogP contribution in [0, 0.1) is 13.8 Å².